The molecule has 0 bridgehead atoms. The van der Waals surface area contributed by atoms with Crippen LogP contribution in [0.5, 0.6) is 5.75 Å². The molecule has 1 unspecified atom stereocenters. The predicted molar refractivity (Wildman–Crippen MR) is 71.1 cm³/mol. The fraction of sp³-hybridized carbons (Fsp3) is 0.500. The van der Waals surface area contributed by atoms with E-state index in [9.17, 15) is 18.0 Å². The van der Waals surface area contributed by atoms with Crippen LogP contribution in [0.1, 0.15) is 23.2 Å². The van der Waals surface area contributed by atoms with Crippen molar-refractivity contribution in [2.75, 3.05) is 20.1 Å². The molecule has 0 aromatic heterocycles. The van der Waals surface area contributed by atoms with E-state index in [1.165, 1.54) is 12.1 Å². The Kier molecular flexibility index (Phi) is 4.72. The van der Waals surface area contributed by atoms with Gasteiger partial charge in [0.05, 0.1) is 0 Å². The lowest BCUT2D eigenvalue weighted by Crippen LogP contribution is -2.38. The third-order valence-electron chi connectivity index (χ3n) is 3.34. The van der Waals surface area contributed by atoms with Gasteiger partial charge in [-0.25, -0.2) is 0 Å². The number of hydrogen-bond acceptors (Lipinski definition) is 3. The first-order valence-corrected chi connectivity index (χ1v) is 6.70. The molecular weight excluding hydrogens is 285 g/mol. The standard InChI is InChI=1S/C14H17F3N2O2/c1-19(9-11-3-2-8-18-11)13(20)10-4-6-12(7-5-10)21-14(15,16)17/h4-7,11,18H,2-3,8-9H2,1H3. The van der Waals surface area contributed by atoms with E-state index in [-0.39, 0.29) is 17.7 Å². The monoisotopic (exact) mass is 302 g/mol. The molecular formula is C14H17F3N2O2. The first-order chi connectivity index (χ1) is 9.85. The average molecular weight is 302 g/mol. The maximum absolute atomic E-state index is 12.2. The van der Waals surface area contributed by atoms with E-state index < -0.39 is 6.36 Å². The highest BCUT2D eigenvalue weighted by Crippen LogP contribution is 2.23. The predicted octanol–water partition coefficient (Wildman–Crippen LogP) is 2.41. The van der Waals surface area contributed by atoms with Crippen molar-refractivity contribution in [1.82, 2.24) is 10.2 Å². The van der Waals surface area contributed by atoms with Crippen LogP contribution in [0.15, 0.2) is 24.3 Å². The van der Waals surface area contributed by atoms with Gasteiger partial charge in [-0.3, -0.25) is 4.79 Å². The van der Waals surface area contributed by atoms with Crippen molar-refractivity contribution in [2.45, 2.75) is 25.2 Å². The molecule has 1 saturated heterocycles. The van der Waals surface area contributed by atoms with Crippen LogP contribution in [0.3, 0.4) is 0 Å². The minimum Gasteiger partial charge on any atom is -0.406 e. The van der Waals surface area contributed by atoms with Crippen molar-refractivity contribution < 1.29 is 22.7 Å². The van der Waals surface area contributed by atoms with Crippen molar-refractivity contribution in [3.63, 3.8) is 0 Å². The zero-order valence-electron chi connectivity index (χ0n) is 11.6. The van der Waals surface area contributed by atoms with Gasteiger partial charge in [0.2, 0.25) is 0 Å². The lowest BCUT2D eigenvalue weighted by atomic mass is 10.1. The summed E-state index contributed by atoms with van der Waals surface area (Å²) in [6.07, 6.45) is -2.61. The number of nitrogens with one attached hydrogen (secondary N) is 1. The summed E-state index contributed by atoms with van der Waals surface area (Å²) in [6, 6.07) is 5.24. The molecule has 1 aliphatic heterocycles. The highest BCUT2D eigenvalue weighted by molar-refractivity contribution is 5.94. The lowest BCUT2D eigenvalue weighted by molar-refractivity contribution is -0.274. The first kappa shape index (κ1) is 15.6. The molecule has 0 spiro atoms. The average Bonchev–Trinajstić information content (AvgIpc) is 2.90. The van der Waals surface area contributed by atoms with Crippen LogP contribution in [0.4, 0.5) is 13.2 Å². The zero-order chi connectivity index (χ0) is 15.5. The van der Waals surface area contributed by atoms with Gasteiger partial charge in [-0.15, -0.1) is 13.2 Å². The number of amides is 1. The first-order valence-electron chi connectivity index (χ1n) is 6.70. The van der Waals surface area contributed by atoms with Gasteiger partial charge >= 0.3 is 6.36 Å². The van der Waals surface area contributed by atoms with Gasteiger partial charge in [0.25, 0.3) is 5.91 Å². The number of carbonyl (C=O) groups excluding carboxylic acids is 1. The van der Waals surface area contributed by atoms with Crippen molar-refractivity contribution in [1.29, 1.82) is 0 Å². The minimum absolute atomic E-state index is 0.220. The van der Waals surface area contributed by atoms with Crippen LogP contribution >= 0.6 is 0 Å². The molecule has 0 radical (unpaired) electrons. The van der Waals surface area contributed by atoms with Crippen molar-refractivity contribution >= 4 is 5.91 Å². The molecule has 1 atom stereocenters. The second-order valence-corrected chi connectivity index (χ2v) is 5.05. The van der Waals surface area contributed by atoms with E-state index in [2.05, 4.69) is 10.1 Å². The molecule has 116 valence electrons. The fourth-order valence-electron chi connectivity index (χ4n) is 2.35. The number of halogens is 3. The Morgan fingerprint density at radius 2 is 2.05 bits per heavy atom. The molecule has 7 heteroatoms. The molecule has 1 aliphatic rings. The molecule has 1 heterocycles. The van der Waals surface area contributed by atoms with Gasteiger partial charge < -0.3 is 15.0 Å². The number of hydrogen-bond donors (Lipinski definition) is 1. The fourth-order valence-corrected chi connectivity index (χ4v) is 2.35. The van der Waals surface area contributed by atoms with Crippen molar-refractivity contribution in [2.24, 2.45) is 0 Å². The molecule has 4 nitrogen and oxygen atoms in total. The molecule has 2 rings (SSSR count). The largest absolute Gasteiger partial charge is 0.573 e. The number of carbonyl (C=O) groups is 1. The summed E-state index contributed by atoms with van der Waals surface area (Å²) in [6.45, 7) is 1.54. The molecule has 21 heavy (non-hydrogen) atoms. The van der Waals surface area contributed by atoms with E-state index >= 15 is 0 Å². The summed E-state index contributed by atoms with van der Waals surface area (Å²) in [5.74, 6) is -0.554. The number of benzene rings is 1. The van der Waals surface area contributed by atoms with E-state index in [1.807, 2.05) is 0 Å². The Bertz CT molecular complexity index is 482. The Morgan fingerprint density at radius 1 is 1.38 bits per heavy atom. The quantitative estimate of drug-likeness (QED) is 0.928. The molecule has 1 fully saturated rings. The second-order valence-electron chi connectivity index (χ2n) is 5.05. The van der Waals surface area contributed by atoms with Crippen molar-refractivity contribution in [3.8, 4) is 5.75 Å². The lowest BCUT2D eigenvalue weighted by Gasteiger charge is -2.21. The topological polar surface area (TPSA) is 41.6 Å². The summed E-state index contributed by atoms with van der Waals surface area (Å²) in [5, 5.41) is 3.29. The van der Waals surface area contributed by atoms with Crippen LogP contribution in [-0.2, 0) is 0 Å². The summed E-state index contributed by atoms with van der Waals surface area (Å²) < 4.78 is 39.9. The highest BCUT2D eigenvalue weighted by atomic mass is 19.4. The number of alkyl halides is 3. The van der Waals surface area contributed by atoms with Crippen LogP contribution in [0.2, 0.25) is 0 Å². The molecule has 1 N–H and O–H groups in total. The van der Waals surface area contributed by atoms with E-state index in [0.29, 0.717) is 12.1 Å². The minimum atomic E-state index is -4.73. The SMILES string of the molecule is CN(CC1CCCN1)C(=O)c1ccc(OC(F)(F)F)cc1. The van der Waals surface area contributed by atoms with E-state index in [1.54, 1.807) is 11.9 Å². The number of likely N-dealkylation sites (N-methyl/N-ethyl adjacent to an activating group) is 1. The number of ether oxygens (including phenoxy) is 1. The number of rotatable bonds is 4. The van der Waals surface area contributed by atoms with Crippen LogP contribution < -0.4 is 10.1 Å². The zero-order valence-corrected chi connectivity index (χ0v) is 11.6. The van der Waals surface area contributed by atoms with E-state index in [4.69, 9.17) is 0 Å². The maximum Gasteiger partial charge on any atom is 0.573 e. The van der Waals surface area contributed by atoms with Gasteiger partial charge in [0.15, 0.2) is 0 Å². The Balaban J connectivity index is 1.95. The van der Waals surface area contributed by atoms with Gasteiger partial charge in [-0.2, -0.15) is 0 Å². The van der Waals surface area contributed by atoms with Gasteiger partial charge in [-0.1, -0.05) is 0 Å². The van der Waals surface area contributed by atoms with E-state index in [0.717, 1.165) is 31.5 Å². The molecule has 1 amide bonds. The second kappa shape index (κ2) is 6.34. The van der Waals surface area contributed by atoms with Gasteiger partial charge in [-0.05, 0) is 43.7 Å². The van der Waals surface area contributed by atoms with Crippen LogP contribution in [0.25, 0.3) is 0 Å². The Morgan fingerprint density at radius 3 is 2.57 bits per heavy atom. The summed E-state index contributed by atoms with van der Waals surface area (Å²) in [5.41, 5.74) is 0.338. The van der Waals surface area contributed by atoms with Gasteiger partial charge in [0, 0.05) is 25.2 Å². The maximum atomic E-state index is 12.2. The normalized spacial score (nSPS) is 18.6. The molecule has 1 aromatic carbocycles. The molecule has 1 aromatic rings. The van der Waals surface area contributed by atoms with Gasteiger partial charge in [0.1, 0.15) is 5.75 Å². The Hall–Kier alpha value is -1.76. The third kappa shape index (κ3) is 4.63. The summed E-state index contributed by atoms with van der Waals surface area (Å²) in [4.78, 5) is 13.7. The van der Waals surface area contributed by atoms with Crippen LogP contribution in [-0.4, -0.2) is 43.3 Å². The summed E-state index contributed by atoms with van der Waals surface area (Å²) >= 11 is 0. The Labute approximate surface area is 120 Å². The highest BCUT2D eigenvalue weighted by Gasteiger charge is 2.31. The van der Waals surface area contributed by atoms with Crippen LogP contribution in [0, 0.1) is 0 Å². The number of nitrogens with zero attached hydrogens (tertiary/aromatic N) is 1. The smallest absolute Gasteiger partial charge is 0.406 e. The van der Waals surface area contributed by atoms with Crippen molar-refractivity contribution in [3.05, 3.63) is 29.8 Å². The molecule has 0 saturated carbocycles. The summed E-state index contributed by atoms with van der Waals surface area (Å²) in [7, 11) is 1.68. The molecule has 0 aliphatic carbocycles. The third-order valence-corrected chi connectivity index (χ3v) is 3.34.